The summed E-state index contributed by atoms with van der Waals surface area (Å²) in [4.78, 5) is 33.5. The number of halogens is 1. The Hall–Kier alpha value is -4.00. The van der Waals surface area contributed by atoms with Gasteiger partial charge >= 0.3 is 0 Å². The summed E-state index contributed by atoms with van der Waals surface area (Å²) in [6.07, 6.45) is 3.26. The van der Waals surface area contributed by atoms with Crippen LogP contribution in [0.2, 0.25) is 0 Å². The van der Waals surface area contributed by atoms with Gasteiger partial charge in [0.05, 0.1) is 11.6 Å². The third-order valence-electron chi connectivity index (χ3n) is 5.46. The number of anilines is 1. The summed E-state index contributed by atoms with van der Waals surface area (Å²) in [5, 5.41) is 11.0. The molecule has 0 saturated carbocycles. The molecule has 4 rings (SSSR count). The van der Waals surface area contributed by atoms with Crippen LogP contribution >= 0.6 is 0 Å². The number of aliphatic hydroxyl groups is 1. The van der Waals surface area contributed by atoms with Crippen molar-refractivity contribution in [3.63, 3.8) is 0 Å². The zero-order chi connectivity index (χ0) is 22.8. The third kappa shape index (κ3) is 3.97. The van der Waals surface area contributed by atoms with E-state index in [0.29, 0.717) is 5.56 Å². The highest BCUT2D eigenvalue weighted by molar-refractivity contribution is 6.46. The van der Waals surface area contributed by atoms with Crippen LogP contribution in [0.15, 0.2) is 78.6 Å². The molecule has 1 fully saturated rings. The minimum atomic E-state index is -0.795. The van der Waals surface area contributed by atoms with Gasteiger partial charge in [-0.3, -0.25) is 14.6 Å². The smallest absolute Gasteiger partial charge is 0.295 e. The van der Waals surface area contributed by atoms with Crippen molar-refractivity contribution in [2.24, 2.45) is 0 Å². The Morgan fingerprint density at radius 1 is 1.06 bits per heavy atom. The Kier molecular flexibility index (Phi) is 5.73. The topological polar surface area (TPSA) is 73.7 Å². The molecule has 1 amide bonds. The molecule has 2 heterocycles. The second-order valence-electron chi connectivity index (χ2n) is 7.78. The number of nitrogens with zero attached hydrogens (tertiary/aromatic N) is 3. The molecule has 6 nitrogen and oxygen atoms in total. The van der Waals surface area contributed by atoms with Crippen LogP contribution in [-0.4, -0.2) is 40.8 Å². The molecule has 1 atom stereocenters. The number of aliphatic hydroxyl groups excluding tert-OH is 1. The van der Waals surface area contributed by atoms with Gasteiger partial charge in [0.15, 0.2) is 0 Å². The largest absolute Gasteiger partial charge is 0.507 e. The van der Waals surface area contributed by atoms with Gasteiger partial charge < -0.3 is 14.9 Å². The SMILES string of the molecule is CN(C)c1ccc([C@@H]2/C(=C(\O)c3ccc(F)cc3)C(=O)C(=O)N2Cc2cccnc2)cc1. The van der Waals surface area contributed by atoms with Gasteiger partial charge in [0.1, 0.15) is 11.6 Å². The first-order chi connectivity index (χ1) is 15.4. The lowest BCUT2D eigenvalue weighted by Crippen LogP contribution is -2.29. The summed E-state index contributed by atoms with van der Waals surface area (Å²) < 4.78 is 13.4. The lowest BCUT2D eigenvalue weighted by Gasteiger charge is -2.26. The highest BCUT2D eigenvalue weighted by atomic mass is 19.1. The Morgan fingerprint density at radius 2 is 1.75 bits per heavy atom. The van der Waals surface area contributed by atoms with Crippen molar-refractivity contribution in [2.75, 3.05) is 19.0 Å². The molecule has 0 bridgehead atoms. The van der Waals surface area contributed by atoms with Gasteiger partial charge in [-0.1, -0.05) is 18.2 Å². The monoisotopic (exact) mass is 431 g/mol. The molecule has 1 aromatic heterocycles. The van der Waals surface area contributed by atoms with Crippen LogP contribution in [-0.2, 0) is 16.1 Å². The van der Waals surface area contributed by atoms with Gasteiger partial charge in [0, 0.05) is 44.3 Å². The molecule has 3 aromatic rings. The van der Waals surface area contributed by atoms with E-state index in [1.807, 2.05) is 49.3 Å². The second kappa shape index (κ2) is 8.63. The molecule has 0 unspecified atom stereocenters. The number of hydrogen-bond donors (Lipinski definition) is 1. The molecule has 0 aliphatic carbocycles. The van der Waals surface area contributed by atoms with Crippen LogP contribution in [0.4, 0.5) is 10.1 Å². The molecule has 1 N–H and O–H groups in total. The number of amides is 1. The number of carbonyl (C=O) groups is 2. The van der Waals surface area contributed by atoms with Gasteiger partial charge in [-0.15, -0.1) is 0 Å². The molecule has 7 heteroatoms. The van der Waals surface area contributed by atoms with E-state index < -0.39 is 23.5 Å². The molecule has 0 radical (unpaired) electrons. The number of benzene rings is 2. The standard InChI is InChI=1S/C25H22FN3O3/c1-28(2)20-11-7-17(8-12-20)22-21(23(30)18-5-9-19(26)10-6-18)24(31)25(32)29(22)15-16-4-3-13-27-14-16/h3-14,22,30H,15H2,1-2H3/b23-21+/t22-/m1/s1. The minimum Gasteiger partial charge on any atom is -0.507 e. The number of ketones is 1. The van der Waals surface area contributed by atoms with E-state index in [-0.39, 0.29) is 23.4 Å². The Balaban J connectivity index is 1.84. The van der Waals surface area contributed by atoms with Crippen molar-refractivity contribution in [1.82, 2.24) is 9.88 Å². The van der Waals surface area contributed by atoms with Crippen molar-refractivity contribution in [2.45, 2.75) is 12.6 Å². The summed E-state index contributed by atoms with van der Waals surface area (Å²) in [5.74, 6) is -2.29. The van der Waals surface area contributed by atoms with Gasteiger partial charge in [-0.2, -0.15) is 0 Å². The van der Waals surface area contributed by atoms with Crippen molar-refractivity contribution in [1.29, 1.82) is 0 Å². The number of pyridine rings is 1. The number of carbonyl (C=O) groups excluding carboxylic acids is 2. The number of hydrogen-bond acceptors (Lipinski definition) is 5. The molecule has 0 spiro atoms. The highest BCUT2D eigenvalue weighted by Gasteiger charge is 2.46. The Labute approximate surface area is 185 Å². The summed E-state index contributed by atoms with van der Waals surface area (Å²) in [5.41, 5.74) is 2.63. The van der Waals surface area contributed by atoms with E-state index in [0.717, 1.165) is 11.3 Å². The van der Waals surface area contributed by atoms with Gasteiger partial charge in [0.2, 0.25) is 0 Å². The molecule has 162 valence electrons. The second-order valence-corrected chi connectivity index (χ2v) is 7.78. The number of likely N-dealkylation sites (tertiary alicyclic amines) is 1. The molecule has 1 aliphatic heterocycles. The van der Waals surface area contributed by atoms with Crippen molar-refractivity contribution in [3.05, 3.63) is 101 Å². The highest BCUT2D eigenvalue weighted by Crippen LogP contribution is 2.40. The van der Waals surface area contributed by atoms with E-state index in [1.165, 1.54) is 29.2 Å². The van der Waals surface area contributed by atoms with Crippen molar-refractivity contribution >= 4 is 23.1 Å². The first-order valence-corrected chi connectivity index (χ1v) is 10.1. The fourth-order valence-corrected chi connectivity index (χ4v) is 3.80. The summed E-state index contributed by atoms with van der Waals surface area (Å²) in [7, 11) is 3.83. The maximum absolute atomic E-state index is 13.4. The molecular formula is C25H22FN3O3. The van der Waals surface area contributed by atoms with E-state index in [4.69, 9.17) is 0 Å². The van der Waals surface area contributed by atoms with E-state index in [9.17, 15) is 19.1 Å². The lowest BCUT2D eigenvalue weighted by atomic mass is 9.95. The van der Waals surface area contributed by atoms with E-state index >= 15 is 0 Å². The zero-order valence-corrected chi connectivity index (χ0v) is 17.7. The van der Waals surface area contributed by atoms with Crippen LogP contribution in [0.1, 0.15) is 22.7 Å². The minimum absolute atomic E-state index is 0.0249. The number of Topliss-reactive ketones (excluding diaryl/α,β-unsaturated/α-hetero) is 1. The van der Waals surface area contributed by atoms with Crippen LogP contribution in [0, 0.1) is 5.82 Å². The van der Waals surface area contributed by atoms with Gasteiger partial charge in [-0.05, 0) is 53.6 Å². The molecule has 2 aromatic carbocycles. The summed E-state index contributed by atoms with van der Waals surface area (Å²) in [6, 6.07) is 15.4. The predicted molar refractivity (Wildman–Crippen MR) is 119 cm³/mol. The normalized spacial score (nSPS) is 17.6. The summed E-state index contributed by atoms with van der Waals surface area (Å²) in [6.45, 7) is 0.151. The fourth-order valence-electron chi connectivity index (χ4n) is 3.80. The Morgan fingerprint density at radius 3 is 2.34 bits per heavy atom. The molecule has 32 heavy (non-hydrogen) atoms. The maximum atomic E-state index is 13.4. The Bertz CT molecular complexity index is 1170. The molecule has 1 aliphatic rings. The van der Waals surface area contributed by atoms with E-state index in [2.05, 4.69) is 4.98 Å². The van der Waals surface area contributed by atoms with Crippen molar-refractivity contribution in [3.8, 4) is 0 Å². The first-order valence-electron chi connectivity index (χ1n) is 10.1. The fraction of sp³-hybridized carbons (Fsp3) is 0.160. The average molecular weight is 431 g/mol. The van der Waals surface area contributed by atoms with Crippen molar-refractivity contribution < 1.29 is 19.1 Å². The average Bonchev–Trinajstić information content (AvgIpc) is 3.05. The van der Waals surface area contributed by atoms with Gasteiger partial charge in [-0.25, -0.2) is 4.39 Å². The maximum Gasteiger partial charge on any atom is 0.295 e. The lowest BCUT2D eigenvalue weighted by molar-refractivity contribution is -0.140. The zero-order valence-electron chi connectivity index (χ0n) is 17.7. The van der Waals surface area contributed by atoms with Crippen LogP contribution < -0.4 is 4.90 Å². The predicted octanol–water partition coefficient (Wildman–Crippen LogP) is 3.91. The van der Waals surface area contributed by atoms with Gasteiger partial charge in [0.25, 0.3) is 11.7 Å². The third-order valence-corrected chi connectivity index (χ3v) is 5.46. The van der Waals surface area contributed by atoms with Crippen LogP contribution in [0.3, 0.4) is 0 Å². The van der Waals surface area contributed by atoms with E-state index in [1.54, 1.807) is 18.5 Å². The first kappa shape index (κ1) is 21.2. The number of aromatic nitrogens is 1. The van der Waals surface area contributed by atoms with Crippen LogP contribution in [0.5, 0.6) is 0 Å². The molecular weight excluding hydrogens is 409 g/mol. The summed E-state index contributed by atoms with van der Waals surface area (Å²) >= 11 is 0. The van der Waals surface area contributed by atoms with Crippen LogP contribution in [0.25, 0.3) is 5.76 Å². The number of rotatable bonds is 5. The quantitative estimate of drug-likeness (QED) is 0.377. The molecule has 1 saturated heterocycles.